The van der Waals surface area contributed by atoms with E-state index in [1.165, 1.54) is 6.20 Å². The van der Waals surface area contributed by atoms with E-state index in [9.17, 15) is 9.90 Å². The predicted molar refractivity (Wildman–Crippen MR) is 77.3 cm³/mol. The molecule has 0 spiro atoms. The minimum absolute atomic E-state index is 0.115. The predicted octanol–water partition coefficient (Wildman–Crippen LogP) is 3.61. The summed E-state index contributed by atoms with van der Waals surface area (Å²) in [6.45, 7) is 4.69. The van der Waals surface area contributed by atoms with Gasteiger partial charge in [0.15, 0.2) is 0 Å². The molecule has 20 heavy (non-hydrogen) atoms. The number of aromatic carboxylic acids is 1. The fourth-order valence-corrected chi connectivity index (χ4v) is 2.32. The van der Waals surface area contributed by atoms with Crippen LogP contribution in [0.5, 0.6) is 0 Å². The van der Waals surface area contributed by atoms with Crippen molar-refractivity contribution in [3.63, 3.8) is 0 Å². The zero-order valence-corrected chi connectivity index (χ0v) is 12.5. The molecule has 0 bridgehead atoms. The summed E-state index contributed by atoms with van der Waals surface area (Å²) in [5, 5.41) is 14.0. The van der Waals surface area contributed by atoms with Crippen molar-refractivity contribution in [1.82, 2.24) is 14.8 Å². The summed E-state index contributed by atoms with van der Waals surface area (Å²) in [7, 11) is 0. The molecule has 0 aromatic carbocycles. The lowest BCUT2D eigenvalue weighted by molar-refractivity contribution is 0.0697. The molecule has 5 nitrogen and oxygen atoms in total. The highest BCUT2D eigenvalue weighted by Gasteiger charge is 2.18. The first kappa shape index (κ1) is 14.8. The molecule has 0 radical (unpaired) electrons. The van der Waals surface area contributed by atoms with Crippen molar-refractivity contribution in [3.8, 4) is 11.3 Å². The van der Waals surface area contributed by atoms with Crippen molar-refractivity contribution >= 4 is 29.2 Å². The second-order valence-electron chi connectivity index (χ2n) is 4.81. The normalized spacial score (nSPS) is 11.1. The van der Waals surface area contributed by atoms with Crippen LogP contribution in [0.2, 0.25) is 10.3 Å². The molecule has 0 amide bonds. The summed E-state index contributed by atoms with van der Waals surface area (Å²) < 4.78 is 1.62. The lowest BCUT2D eigenvalue weighted by Gasteiger charge is -2.04. The van der Waals surface area contributed by atoms with Crippen molar-refractivity contribution < 1.29 is 9.90 Å². The molecule has 7 heteroatoms. The Morgan fingerprint density at radius 3 is 2.45 bits per heavy atom. The topological polar surface area (TPSA) is 68.0 Å². The number of hydrogen-bond acceptors (Lipinski definition) is 3. The molecule has 1 N–H and O–H groups in total. The fraction of sp³-hybridized carbons (Fsp3) is 0.308. The van der Waals surface area contributed by atoms with Crippen molar-refractivity contribution in [1.29, 1.82) is 0 Å². The molecule has 2 heterocycles. The Balaban J connectivity index is 2.53. The van der Waals surface area contributed by atoms with Gasteiger partial charge < -0.3 is 5.11 Å². The Morgan fingerprint density at radius 1 is 1.35 bits per heavy atom. The standard InChI is InChI=1S/C13H13Cl2N3O2/c1-7(2)5-18-6-9(13(19)20)12(17-18)8-3-10(14)16-11(15)4-8/h3-4,6-7H,5H2,1-2H3,(H,19,20). The Hall–Kier alpha value is -1.59. The number of aromatic nitrogens is 3. The summed E-state index contributed by atoms with van der Waals surface area (Å²) in [6, 6.07) is 3.09. The molecule has 0 atom stereocenters. The third kappa shape index (κ3) is 3.29. The number of hydrogen-bond donors (Lipinski definition) is 1. The monoisotopic (exact) mass is 313 g/mol. The van der Waals surface area contributed by atoms with Gasteiger partial charge in [0, 0.05) is 18.3 Å². The van der Waals surface area contributed by atoms with Gasteiger partial charge in [0.25, 0.3) is 0 Å². The van der Waals surface area contributed by atoms with Crippen molar-refractivity contribution in [2.75, 3.05) is 0 Å². The van der Waals surface area contributed by atoms with Crippen molar-refractivity contribution in [2.45, 2.75) is 20.4 Å². The molecule has 0 unspecified atom stereocenters. The Labute approximate surface area is 126 Å². The van der Waals surface area contributed by atoms with Crippen LogP contribution < -0.4 is 0 Å². The SMILES string of the molecule is CC(C)Cn1cc(C(=O)O)c(-c2cc(Cl)nc(Cl)c2)n1. The highest BCUT2D eigenvalue weighted by molar-refractivity contribution is 6.32. The number of carboxylic acid groups (broad SMARTS) is 1. The van der Waals surface area contributed by atoms with Gasteiger partial charge in [-0.05, 0) is 18.1 Å². The molecule has 106 valence electrons. The van der Waals surface area contributed by atoms with Gasteiger partial charge in [0.2, 0.25) is 0 Å². The second kappa shape index (κ2) is 5.81. The molecule has 0 aliphatic heterocycles. The van der Waals surface area contributed by atoms with Gasteiger partial charge in [-0.1, -0.05) is 37.0 Å². The maximum atomic E-state index is 11.3. The van der Waals surface area contributed by atoms with Crippen LogP contribution in [-0.2, 0) is 6.54 Å². The third-order valence-electron chi connectivity index (χ3n) is 2.58. The van der Waals surface area contributed by atoms with E-state index >= 15 is 0 Å². The van der Waals surface area contributed by atoms with E-state index in [1.54, 1.807) is 16.8 Å². The third-order valence-corrected chi connectivity index (χ3v) is 2.97. The minimum atomic E-state index is -1.04. The van der Waals surface area contributed by atoms with Crippen LogP contribution in [0.15, 0.2) is 18.3 Å². The highest BCUT2D eigenvalue weighted by atomic mass is 35.5. The van der Waals surface area contributed by atoms with Crippen molar-refractivity contribution in [3.05, 3.63) is 34.2 Å². The van der Waals surface area contributed by atoms with E-state index in [1.807, 2.05) is 13.8 Å². The van der Waals surface area contributed by atoms with Crippen LogP contribution in [0.3, 0.4) is 0 Å². The maximum absolute atomic E-state index is 11.3. The molecule has 2 rings (SSSR count). The second-order valence-corrected chi connectivity index (χ2v) is 5.59. The fourth-order valence-electron chi connectivity index (χ4n) is 1.86. The Morgan fingerprint density at radius 2 is 1.95 bits per heavy atom. The zero-order valence-electron chi connectivity index (χ0n) is 11.0. The number of rotatable bonds is 4. The van der Waals surface area contributed by atoms with Gasteiger partial charge in [-0.15, -0.1) is 0 Å². The van der Waals surface area contributed by atoms with Crippen molar-refractivity contribution in [2.24, 2.45) is 5.92 Å². The van der Waals surface area contributed by atoms with Crippen LogP contribution in [0.25, 0.3) is 11.3 Å². The molecule has 0 aliphatic rings. The minimum Gasteiger partial charge on any atom is -0.478 e. The van der Waals surface area contributed by atoms with Gasteiger partial charge in [-0.25, -0.2) is 9.78 Å². The van der Waals surface area contributed by atoms with Crippen LogP contribution in [0, 0.1) is 5.92 Å². The van der Waals surface area contributed by atoms with Gasteiger partial charge in [-0.3, -0.25) is 4.68 Å². The average Bonchev–Trinajstić information content (AvgIpc) is 2.70. The van der Waals surface area contributed by atoms with E-state index in [4.69, 9.17) is 23.2 Å². The molecule has 0 fully saturated rings. The Bertz CT molecular complexity index is 633. The lowest BCUT2D eigenvalue weighted by atomic mass is 10.1. The zero-order chi connectivity index (χ0) is 14.9. The van der Waals surface area contributed by atoms with E-state index < -0.39 is 5.97 Å². The Kier molecular flexibility index (Phi) is 4.30. The molecule has 2 aromatic rings. The van der Waals surface area contributed by atoms with E-state index in [0.717, 1.165) is 0 Å². The summed E-state index contributed by atoms with van der Waals surface area (Å²) in [4.78, 5) is 15.2. The highest BCUT2D eigenvalue weighted by Crippen LogP contribution is 2.27. The van der Waals surface area contributed by atoms with Gasteiger partial charge in [0.05, 0.1) is 0 Å². The number of carboxylic acids is 1. The number of pyridine rings is 1. The summed E-state index contributed by atoms with van der Waals surface area (Å²) in [5.74, 6) is -0.687. The summed E-state index contributed by atoms with van der Waals surface area (Å²) in [5.41, 5.74) is 0.989. The largest absolute Gasteiger partial charge is 0.478 e. The maximum Gasteiger partial charge on any atom is 0.339 e. The van der Waals surface area contributed by atoms with E-state index in [-0.39, 0.29) is 15.9 Å². The lowest BCUT2D eigenvalue weighted by Crippen LogP contribution is -2.04. The molecule has 0 saturated carbocycles. The first-order valence-electron chi connectivity index (χ1n) is 6.01. The average molecular weight is 314 g/mol. The molecule has 0 aliphatic carbocycles. The van der Waals surface area contributed by atoms with Gasteiger partial charge >= 0.3 is 5.97 Å². The molecular weight excluding hydrogens is 301 g/mol. The van der Waals surface area contributed by atoms with Crippen LogP contribution in [0.4, 0.5) is 0 Å². The molecule has 0 saturated heterocycles. The van der Waals surface area contributed by atoms with Crippen LogP contribution >= 0.6 is 23.2 Å². The number of nitrogens with zero attached hydrogens (tertiary/aromatic N) is 3. The molecular formula is C13H13Cl2N3O2. The van der Waals surface area contributed by atoms with Gasteiger partial charge in [-0.2, -0.15) is 5.10 Å². The van der Waals surface area contributed by atoms with E-state index in [0.29, 0.717) is 23.7 Å². The summed E-state index contributed by atoms with van der Waals surface area (Å²) >= 11 is 11.7. The van der Waals surface area contributed by atoms with Gasteiger partial charge in [0.1, 0.15) is 21.6 Å². The van der Waals surface area contributed by atoms with Crippen LogP contribution in [0.1, 0.15) is 24.2 Å². The smallest absolute Gasteiger partial charge is 0.339 e. The number of halogens is 2. The van der Waals surface area contributed by atoms with E-state index in [2.05, 4.69) is 10.1 Å². The first-order valence-corrected chi connectivity index (χ1v) is 6.76. The quantitative estimate of drug-likeness (QED) is 0.875. The first-order chi connectivity index (χ1) is 9.36. The summed E-state index contributed by atoms with van der Waals surface area (Å²) in [6.07, 6.45) is 1.51. The van der Waals surface area contributed by atoms with Crippen LogP contribution in [-0.4, -0.2) is 25.8 Å². The molecule has 2 aromatic heterocycles. The number of carbonyl (C=O) groups is 1.